The molecule has 4 aromatic heterocycles. The zero-order valence-electron chi connectivity index (χ0n) is 43.7. The summed E-state index contributed by atoms with van der Waals surface area (Å²) in [6.07, 6.45) is 9.72. The van der Waals surface area contributed by atoms with E-state index in [4.69, 9.17) is 23.0 Å². The van der Waals surface area contributed by atoms with E-state index in [1.165, 1.54) is 38.5 Å². The van der Waals surface area contributed by atoms with Gasteiger partial charge in [-0.15, -0.1) is 0 Å². The van der Waals surface area contributed by atoms with Gasteiger partial charge in [0.25, 0.3) is 0 Å². The summed E-state index contributed by atoms with van der Waals surface area (Å²) in [5, 5.41) is 15.6. The molecule has 0 aliphatic heterocycles. The fraction of sp³-hybridized carbons (Fsp3) is 0.308. The summed E-state index contributed by atoms with van der Waals surface area (Å²) in [7, 11) is 0. The Balaban J connectivity index is 0.902. The Morgan fingerprint density at radius 1 is 0.392 bits per heavy atom. The van der Waals surface area contributed by atoms with E-state index in [1.54, 1.807) is 0 Å². The molecule has 0 saturated heterocycles. The van der Waals surface area contributed by atoms with Crippen molar-refractivity contribution in [1.82, 2.24) is 20.0 Å². The molecule has 0 unspecified atom stereocenters. The van der Waals surface area contributed by atoms with E-state index in [0.717, 1.165) is 120 Å². The van der Waals surface area contributed by atoms with Crippen LogP contribution in [-0.2, 0) is 0 Å². The minimum absolute atomic E-state index is 0.650. The highest BCUT2D eigenvalue weighted by atomic mass is 16.5. The van der Waals surface area contributed by atoms with Crippen LogP contribution >= 0.6 is 0 Å². The number of ether oxygens (including phenoxy) is 2. The lowest BCUT2D eigenvalue weighted by Crippen LogP contribution is -2.04. The second-order valence-electron chi connectivity index (χ2n) is 21.1. The number of hydrogen-bond acceptors (Lipinski definition) is 8. The average molecular weight is 985 g/mol. The highest BCUT2D eigenvalue weighted by Gasteiger charge is 2.19. The standard InChI is InChI=1S/C65H68N4O5/c1-43(2)12-10-14-45(5)34-36-70-54-28-20-48(21-29-54)59-41-64(73-67-59)51-24-32-61-56(38-51)57-39-52(65-42-60(68-74-65)49-22-30-55(31-23-49)71-37-35-46(6)15-11-13-44(3)4)25-33-62(57)69(61)53-26-18-47(19-27-53)58-40-63(72-66-58)50-16-8-7-9-17-50/h7-9,16-33,38-46H,10-15,34-37H2,1-6H3/t45-,46-/m0/s1. The quantitative estimate of drug-likeness (QED) is 0.0625. The van der Waals surface area contributed by atoms with Crippen molar-refractivity contribution in [3.8, 4) is 84.9 Å². The molecule has 74 heavy (non-hydrogen) atoms. The summed E-state index contributed by atoms with van der Waals surface area (Å²) in [6, 6.07) is 53.7. The first-order valence-electron chi connectivity index (χ1n) is 26.7. The molecule has 4 heterocycles. The third-order valence-corrected chi connectivity index (χ3v) is 14.4. The smallest absolute Gasteiger partial charge is 0.167 e. The Labute approximate surface area is 435 Å². The van der Waals surface area contributed by atoms with Crippen molar-refractivity contribution in [2.75, 3.05) is 13.2 Å². The molecule has 9 nitrogen and oxygen atoms in total. The molecule has 10 rings (SSSR count). The Morgan fingerprint density at radius 3 is 1.20 bits per heavy atom. The maximum Gasteiger partial charge on any atom is 0.167 e. The van der Waals surface area contributed by atoms with Crippen LogP contribution in [0.25, 0.3) is 95.2 Å². The molecule has 0 radical (unpaired) electrons. The van der Waals surface area contributed by atoms with E-state index < -0.39 is 0 Å². The van der Waals surface area contributed by atoms with Crippen molar-refractivity contribution in [3.05, 3.63) is 158 Å². The van der Waals surface area contributed by atoms with Crippen molar-refractivity contribution < 1.29 is 23.0 Å². The fourth-order valence-electron chi connectivity index (χ4n) is 9.87. The van der Waals surface area contributed by atoms with Crippen LogP contribution in [-0.4, -0.2) is 33.3 Å². The van der Waals surface area contributed by atoms with Crippen LogP contribution in [0.5, 0.6) is 11.5 Å². The van der Waals surface area contributed by atoms with E-state index >= 15 is 0 Å². The SMILES string of the molecule is CC(C)CCC[C@H](C)CCOc1ccc(-c2cc(-c3ccc4c(c3)c3cc(-c5cc(-c6ccc(OCC[C@@H](C)CCCC(C)C)cc6)no5)ccc3n4-c3ccc(-c4cc(-c5ccccc5)on4)cc3)on2)cc1. The Hall–Kier alpha value is -7.65. The molecule has 9 heteroatoms. The van der Waals surface area contributed by atoms with Gasteiger partial charge in [-0.25, -0.2) is 0 Å². The lowest BCUT2D eigenvalue weighted by molar-refractivity contribution is 0.275. The third kappa shape index (κ3) is 11.9. The molecular weight excluding hydrogens is 917 g/mol. The monoisotopic (exact) mass is 985 g/mol. The summed E-state index contributed by atoms with van der Waals surface area (Å²) in [5.41, 5.74) is 11.1. The van der Waals surface area contributed by atoms with Gasteiger partial charge in [-0.2, -0.15) is 0 Å². The lowest BCUT2D eigenvalue weighted by atomic mass is 9.98. The molecule has 2 atom stereocenters. The first-order chi connectivity index (χ1) is 36.1. The van der Waals surface area contributed by atoms with Gasteiger partial charge in [0, 0.05) is 68.0 Å². The first kappa shape index (κ1) is 49.9. The average Bonchev–Trinajstić information content (AvgIpc) is 4.27. The predicted molar refractivity (Wildman–Crippen MR) is 300 cm³/mol. The molecule has 10 aromatic rings. The summed E-state index contributed by atoms with van der Waals surface area (Å²) in [6.45, 7) is 15.2. The highest BCUT2D eigenvalue weighted by Crippen LogP contribution is 2.39. The topological polar surface area (TPSA) is 101 Å². The second kappa shape index (κ2) is 23.1. The zero-order valence-corrected chi connectivity index (χ0v) is 43.7. The number of nitrogens with zero attached hydrogens (tertiary/aromatic N) is 4. The van der Waals surface area contributed by atoms with Gasteiger partial charge in [-0.3, -0.25) is 0 Å². The number of hydrogen-bond donors (Lipinski definition) is 0. The summed E-state index contributed by atoms with van der Waals surface area (Å²) in [5.74, 6) is 6.63. The molecule has 0 fully saturated rings. The minimum Gasteiger partial charge on any atom is -0.494 e. The normalized spacial score (nSPS) is 12.6. The lowest BCUT2D eigenvalue weighted by Gasteiger charge is -2.13. The van der Waals surface area contributed by atoms with Crippen LogP contribution in [0.15, 0.2) is 171 Å². The van der Waals surface area contributed by atoms with Crippen molar-refractivity contribution in [3.63, 3.8) is 0 Å². The van der Waals surface area contributed by atoms with Crippen LogP contribution < -0.4 is 9.47 Å². The number of rotatable bonds is 23. The molecule has 378 valence electrons. The molecule has 0 aliphatic rings. The van der Waals surface area contributed by atoms with E-state index in [2.05, 4.69) is 147 Å². The largest absolute Gasteiger partial charge is 0.494 e. The Morgan fingerprint density at radius 2 is 0.784 bits per heavy atom. The summed E-state index contributed by atoms with van der Waals surface area (Å²) in [4.78, 5) is 0. The van der Waals surface area contributed by atoms with Gasteiger partial charge in [-0.05, 0) is 134 Å². The van der Waals surface area contributed by atoms with E-state index in [-0.39, 0.29) is 0 Å². The molecule has 0 N–H and O–H groups in total. The molecule has 0 saturated carbocycles. The van der Waals surface area contributed by atoms with Gasteiger partial charge in [-0.1, -0.05) is 138 Å². The van der Waals surface area contributed by atoms with E-state index in [9.17, 15) is 0 Å². The van der Waals surface area contributed by atoms with Crippen LogP contribution in [0, 0.1) is 23.7 Å². The van der Waals surface area contributed by atoms with Crippen LogP contribution in [0.4, 0.5) is 0 Å². The van der Waals surface area contributed by atoms with Crippen molar-refractivity contribution in [1.29, 1.82) is 0 Å². The van der Waals surface area contributed by atoms with Crippen LogP contribution in [0.2, 0.25) is 0 Å². The zero-order chi connectivity index (χ0) is 51.0. The van der Waals surface area contributed by atoms with Crippen molar-refractivity contribution in [2.24, 2.45) is 23.7 Å². The van der Waals surface area contributed by atoms with Gasteiger partial charge in [0.2, 0.25) is 0 Å². The second-order valence-corrected chi connectivity index (χ2v) is 21.1. The Bertz CT molecular complexity index is 3210. The van der Waals surface area contributed by atoms with Gasteiger partial charge >= 0.3 is 0 Å². The van der Waals surface area contributed by atoms with Crippen molar-refractivity contribution >= 4 is 21.8 Å². The molecule has 0 amide bonds. The van der Waals surface area contributed by atoms with Crippen LogP contribution in [0.1, 0.15) is 92.9 Å². The number of benzene rings is 6. The molecular formula is C65H68N4O5. The molecule has 0 aliphatic carbocycles. The fourth-order valence-corrected chi connectivity index (χ4v) is 9.87. The van der Waals surface area contributed by atoms with Gasteiger partial charge in [0.05, 0.1) is 24.2 Å². The first-order valence-corrected chi connectivity index (χ1v) is 26.7. The maximum absolute atomic E-state index is 6.15. The summed E-state index contributed by atoms with van der Waals surface area (Å²) >= 11 is 0. The third-order valence-electron chi connectivity index (χ3n) is 14.4. The number of fused-ring (bicyclic) bond motifs is 3. The van der Waals surface area contributed by atoms with E-state index in [1.807, 2.05) is 72.8 Å². The van der Waals surface area contributed by atoms with Crippen molar-refractivity contribution in [2.45, 2.75) is 92.9 Å². The molecule has 6 aromatic carbocycles. The molecule has 0 spiro atoms. The van der Waals surface area contributed by atoms with Gasteiger partial charge in [0.15, 0.2) is 17.3 Å². The predicted octanol–water partition coefficient (Wildman–Crippen LogP) is 18.2. The van der Waals surface area contributed by atoms with Gasteiger partial charge < -0.3 is 27.6 Å². The maximum atomic E-state index is 6.15. The minimum atomic E-state index is 0.650. The van der Waals surface area contributed by atoms with E-state index in [0.29, 0.717) is 36.6 Å². The summed E-state index contributed by atoms with van der Waals surface area (Å²) < 4.78 is 32.5. The number of aromatic nitrogens is 4. The Kier molecular flexibility index (Phi) is 15.5. The van der Waals surface area contributed by atoms with Crippen LogP contribution in [0.3, 0.4) is 0 Å². The van der Waals surface area contributed by atoms with Gasteiger partial charge in [0.1, 0.15) is 28.6 Å². The molecule has 0 bridgehead atoms. The highest BCUT2D eigenvalue weighted by molar-refractivity contribution is 6.11.